The summed E-state index contributed by atoms with van der Waals surface area (Å²) in [6.45, 7) is 2.42. The van der Waals surface area contributed by atoms with E-state index in [1.54, 1.807) is 10.9 Å². The molecule has 1 atom stereocenters. The van der Waals surface area contributed by atoms with E-state index in [2.05, 4.69) is 31.6 Å². The van der Waals surface area contributed by atoms with Crippen molar-refractivity contribution in [1.29, 1.82) is 0 Å². The number of aliphatic carboxylic acids is 1. The van der Waals surface area contributed by atoms with E-state index >= 15 is 0 Å². The third kappa shape index (κ3) is 4.38. The second kappa shape index (κ2) is 8.05. The summed E-state index contributed by atoms with van der Waals surface area (Å²) in [6.07, 6.45) is 4.27. The number of carboxylic acids is 1. The van der Waals surface area contributed by atoms with Crippen LogP contribution < -0.4 is 5.32 Å². The molecular formula is C15H19BrN4O2. The molecule has 0 radical (unpaired) electrons. The van der Waals surface area contributed by atoms with Gasteiger partial charge in [-0.3, -0.25) is 10.1 Å². The number of nitrogens with zero attached hydrogens (tertiary/aromatic N) is 3. The largest absolute Gasteiger partial charge is 0.480 e. The minimum Gasteiger partial charge on any atom is -0.480 e. The summed E-state index contributed by atoms with van der Waals surface area (Å²) in [5.74, 6) is -0.827. The van der Waals surface area contributed by atoms with Gasteiger partial charge in [-0.2, -0.15) is 0 Å². The highest BCUT2D eigenvalue weighted by molar-refractivity contribution is 9.10. The first-order valence-corrected chi connectivity index (χ1v) is 8.03. The monoisotopic (exact) mass is 366 g/mol. The van der Waals surface area contributed by atoms with Crippen LogP contribution in [0.1, 0.15) is 31.9 Å². The molecule has 118 valence electrons. The zero-order chi connectivity index (χ0) is 15.9. The number of para-hydroxylation sites is 1. The predicted molar refractivity (Wildman–Crippen MR) is 86.8 cm³/mol. The lowest BCUT2D eigenvalue weighted by atomic mass is 10.1. The van der Waals surface area contributed by atoms with Crippen molar-refractivity contribution in [3.05, 3.63) is 40.6 Å². The van der Waals surface area contributed by atoms with E-state index in [0.29, 0.717) is 18.7 Å². The number of benzene rings is 1. The lowest BCUT2D eigenvalue weighted by molar-refractivity contribution is -0.139. The quantitative estimate of drug-likeness (QED) is 0.750. The number of carboxylic acid groups (broad SMARTS) is 1. The summed E-state index contributed by atoms with van der Waals surface area (Å²) in [7, 11) is 0. The molecule has 0 fully saturated rings. The number of halogens is 1. The molecule has 7 heteroatoms. The number of hydrogen-bond acceptors (Lipinski definition) is 4. The second-order valence-electron chi connectivity index (χ2n) is 5.02. The smallest absolute Gasteiger partial charge is 0.320 e. The average Bonchev–Trinajstić information content (AvgIpc) is 2.96. The topological polar surface area (TPSA) is 80.0 Å². The highest BCUT2D eigenvalue weighted by Gasteiger charge is 2.16. The summed E-state index contributed by atoms with van der Waals surface area (Å²) in [4.78, 5) is 11.2. The first-order chi connectivity index (χ1) is 10.6. The third-order valence-electron chi connectivity index (χ3n) is 3.31. The summed E-state index contributed by atoms with van der Waals surface area (Å²) >= 11 is 3.47. The molecule has 0 saturated heterocycles. The standard InChI is InChI=1S/C15H19BrN4O2/c1-2-3-7-13(15(21)22)17-9-11-10-20(19-18-11)14-8-5-4-6-12(14)16/h4-6,8,10,13,17H,2-3,7,9H2,1H3,(H,21,22)/t13-/m0/s1. The number of unbranched alkanes of at least 4 members (excludes halogenated alkanes) is 1. The van der Waals surface area contributed by atoms with Crippen LogP contribution in [0.15, 0.2) is 34.9 Å². The normalized spacial score (nSPS) is 12.3. The highest BCUT2D eigenvalue weighted by atomic mass is 79.9. The second-order valence-corrected chi connectivity index (χ2v) is 5.87. The van der Waals surface area contributed by atoms with Crippen LogP contribution in [0.2, 0.25) is 0 Å². The van der Waals surface area contributed by atoms with Crippen molar-refractivity contribution in [2.45, 2.75) is 38.8 Å². The van der Waals surface area contributed by atoms with Crippen molar-refractivity contribution >= 4 is 21.9 Å². The number of carbonyl (C=O) groups is 1. The number of aromatic nitrogens is 3. The van der Waals surface area contributed by atoms with E-state index in [4.69, 9.17) is 0 Å². The number of rotatable bonds is 8. The first kappa shape index (κ1) is 16.6. The van der Waals surface area contributed by atoms with Crippen LogP contribution in [0, 0.1) is 0 Å². The lowest BCUT2D eigenvalue weighted by Gasteiger charge is -2.12. The van der Waals surface area contributed by atoms with Crippen LogP contribution in [-0.4, -0.2) is 32.1 Å². The Labute approximate surface area is 137 Å². The molecule has 2 rings (SSSR count). The summed E-state index contributed by atoms with van der Waals surface area (Å²) < 4.78 is 2.59. The SMILES string of the molecule is CCCC[C@H](NCc1cn(-c2ccccc2Br)nn1)C(=O)O. The summed E-state index contributed by atoms with van der Waals surface area (Å²) in [5, 5.41) is 20.4. The van der Waals surface area contributed by atoms with Crippen LogP contribution in [-0.2, 0) is 11.3 Å². The number of nitrogens with one attached hydrogen (secondary N) is 1. The van der Waals surface area contributed by atoms with Crippen molar-refractivity contribution in [2.75, 3.05) is 0 Å². The molecular weight excluding hydrogens is 348 g/mol. The van der Waals surface area contributed by atoms with Crippen LogP contribution in [0.3, 0.4) is 0 Å². The van der Waals surface area contributed by atoms with Gasteiger partial charge in [-0.1, -0.05) is 37.1 Å². The minimum absolute atomic E-state index is 0.380. The maximum atomic E-state index is 11.2. The highest BCUT2D eigenvalue weighted by Crippen LogP contribution is 2.19. The predicted octanol–water partition coefficient (Wildman–Crippen LogP) is 2.76. The van der Waals surface area contributed by atoms with E-state index in [0.717, 1.165) is 23.0 Å². The van der Waals surface area contributed by atoms with Gasteiger partial charge in [0.05, 0.1) is 17.6 Å². The van der Waals surface area contributed by atoms with Gasteiger partial charge in [0.1, 0.15) is 6.04 Å². The maximum absolute atomic E-state index is 11.2. The molecule has 1 heterocycles. The van der Waals surface area contributed by atoms with Crippen molar-refractivity contribution in [1.82, 2.24) is 20.3 Å². The molecule has 1 aromatic heterocycles. The average molecular weight is 367 g/mol. The van der Waals surface area contributed by atoms with Gasteiger partial charge in [-0.15, -0.1) is 5.10 Å². The van der Waals surface area contributed by atoms with E-state index < -0.39 is 12.0 Å². The first-order valence-electron chi connectivity index (χ1n) is 7.24. The molecule has 2 N–H and O–H groups in total. The third-order valence-corrected chi connectivity index (χ3v) is 3.98. The molecule has 0 spiro atoms. The van der Waals surface area contributed by atoms with E-state index in [9.17, 15) is 9.90 Å². The minimum atomic E-state index is -0.827. The Balaban J connectivity index is 2.00. The Bertz CT molecular complexity index is 630. The Morgan fingerprint density at radius 2 is 2.23 bits per heavy atom. The van der Waals surface area contributed by atoms with Crippen LogP contribution in [0.5, 0.6) is 0 Å². The molecule has 0 bridgehead atoms. The van der Waals surface area contributed by atoms with Gasteiger partial charge in [-0.25, -0.2) is 4.68 Å². The fourth-order valence-corrected chi connectivity index (χ4v) is 2.55. The Kier molecular flexibility index (Phi) is 6.09. The molecule has 0 aliphatic heterocycles. The maximum Gasteiger partial charge on any atom is 0.320 e. The Morgan fingerprint density at radius 1 is 1.45 bits per heavy atom. The van der Waals surface area contributed by atoms with E-state index in [1.165, 1.54) is 0 Å². The van der Waals surface area contributed by atoms with Gasteiger partial charge >= 0.3 is 5.97 Å². The molecule has 22 heavy (non-hydrogen) atoms. The molecule has 0 unspecified atom stereocenters. The van der Waals surface area contributed by atoms with Crippen molar-refractivity contribution in [2.24, 2.45) is 0 Å². The van der Waals surface area contributed by atoms with Gasteiger partial charge in [0.15, 0.2) is 0 Å². The fraction of sp³-hybridized carbons (Fsp3) is 0.400. The van der Waals surface area contributed by atoms with Gasteiger partial charge in [-0.05, 0) is 34.5 Å². The van der Waals surface area contributed by atoms with Gasteiger partial charge in [0, 0.05) is 11.0 Å². The lowest BCUT2D eigenvalue weighted by Crippen LogP contribution is -2.36. The molecule has 0 amide bonds. The molecule has 0 aliphatic rings. The van der Waals surface area contributed by atoms with Crippen molar-refractivity contribution in [3.8, 4) is 5.69 Å². The fourth-order valence-electron chi connectivity index (χ4n) is 2.08. The molecule has 0 aliphatic carbocycles. The van der Waals surface area contributed by atoms with E-state index in [1.807, 2.05) is 31.2 Å². The Hall–Kier alpha value is -1.73. The Morgan fingerprint density at radius 3 is 2.91 bits per heavy atom. The van der Waals surface area contributed by atoms with Gasteiger partial charge < -0.3 is 5.11 Å². The van der Waals surface area contributed by atoms with E-state index in [-0.39, 0.29) is 0 Å². The molecule has 1 aromatic carbocycles. The van der Waals surface area contributed by atoms with Crippen LogP contribution in [0.25, 0.3) is 5.69 Å². The summed E-state index contributed by atoms with van der Waals surface area (Å²) in [5.41, 5.74) is 1.60. The molecule has 6 nitrogen and oxygen atoms in total. The van der Waals surface area contributed by atoms with Crippen molar-refractivity contribution < 1.29 is 9.90 Å². The molecule has 2 aromatic rings. The van der Waals surface area contributed by atoms with Gasteiger partial charge in [0.25, 0.3) is 0 Å². The molecule has 0 saturated carbocycles. The zero-order valence-corrected chi connectivity index (χ0v) is 14.0. The number of hydrogen-bond donors (Lipinski definition) is 2. The van der Waals surface area contributed by atoms with Crippen LogP contribution >= 0.6 is 15.9 Å². The summed E-state index contributed by atoms with van der Waals surface area (Å²) in [6, 6.07) is 7.16. The van der Waals surface area contributed by atoms with Crippen LogP contribution in [0.4, 0.5) is 0 Å². The zero-order valence-electron chi connectivity index (χ0n) is 12.4. The van der Waals surface area contributed by atoms with Gasteiger partial charge in [0.2, 0.25) is 0 Å². The van der Waals surface area contributed by atoms with Crippen molar-refractivity contribution in [3.63, 3.8) is 0 Å².